The van der Waals surface area contributed by atoms with Crippen molar-refractivity contribution in [2.24, 2.45) is 0 Å². The molecule has 1 atom stereocenters. The molecule has 5 nitrogen and oxygen atoms in total. The second kappa shape index (κ2) is 12.5. The first kappa shape index (κ1) is 22.3. The molecule has 0 aliphatic heterocycles. The fraction of sp³-hybridized carbons (Fsp3) is 0.375. The van der Waals surface area contributed by atoms with E-state index in [9.17, 15) is 14.4 Å². The lowest BCUT2D eigenvalue weighted by molar-refractivity contribution is -0.131. The van der Waals surface area contributed by atoms with Crippen LogP contribution in [0.25, 0.3) is 0 Å². The number of carbonyl (C=O) groups excluding carboxylic acids is 3. The van der Waals surface area contributed by atoms with Crippen LogP contribution in [0.4, 0.5) is 0 Å². The van der Waals surface area contributed by atoms with E-state index in [1.165, 1.54) is 0 Å². The molecule has 0 bridgehead atoms. The van der Waals surface area contributed by atoms with E-state index in [4.69, 9.17) is 9.47 Å². The van der Waals surface area contributed by atoms with Crippen LogP contribution in [0, 0.1) is 0 Å². The maximum Gasteiger partial charge on any atom is 0.338 e. The second-order valence-corrected chi connectivity index (χ2v) is 6.87. The summed E-state index contributed by atoms with van der Waals surface area (Å²) in [4.78, 5) is 37.0. The SMILES string of the molecule is CCCCCCC[C@H](OC(=O)c1ccccc1)C(=O)COC(=O)c1ccccc1. The Morgan fingerprint density at radius 2 is 1.31 bits per heavy atom. The lowest BCUT2D eigenvalue weighted by atomic mass is 10.1. The van der Waals surface area contributed by atoms with Gasteiger partial charge in [-0.3, -0.25) is 4.79 Å². The van der Waals surface area contributed by atoms with Crippen molar-refractivity contribution < 1.29 is 23.9 Å². The van der Waals surface area contributed by atoms with Crippen LogP contribution >= 0.6 is 0 Å². The topological polar surface area (TPSA) is 69.7 Å². The van der Waals surface area contributed by atoms with E-state index >= 15 is 0 Å². The molecule has 0 unspecified atom stereocenters. The third-order valence-electron chi connectivity index (χ3n) is 4.54. The smallest absolute Gasteiger partial charge is 0.338 e. The van der Waals surface area contributed by atoms with Gasteiger partial charge in [-0.05, 0) is 37.1 Å². The minimum Gasteiger partial charge on any atom is -0.454 e. The Morgan fingerprint density at radius 3 is 1.90 bits per heavy atom. The number of hydrogen-bond donors (Lipinski definition) is 0. The van der Waals surface area contributed by atoms with Crippen molar-refractivity contribution in [3.05, 3.63) is 71.8 Å². The summed E-state index contributed by atoms with van der Waals surface area (Å²) < 4.78 is 10.6. The van der Waals surface area contributed by atoms with Crippen LogP contribution in [0.2, 0.25) is 0 Å². The Balaban J connectivity index is 1.94. The zero-order chi connectivity index (χ0) is 20.9. The zero-order valence-corrected chi connectivity index (χ0v) is 16.8. The molecule has 0 aliphatic rings. The fourth-order valence-corrected chi connectivity index (χ4v) is 2.88. The van der Waals surface area contributed by atoms with Crippen LogP contribution in [-0.2, 0) is 14.3 Å². The number of rotatable bonds is 12. The molecule has 0 fully saturated rings. The molecule has 2 rings (SSSR count). The molecule has 5 heteroatoms. The van der Waals surface area contributed by atoms with Crippen molar-refractivity contribution in [1.82, 2.24) is 0 Å². The molecule has 0 aromatic heterocycles. The molecule has 0 spiro atoms. The molecule has 0 saturated carbocycles. The van der Waals surface area contributed by atoms with Gasteiger partial charge in [-0.25, -0.2) is 9.59 Å². The molecule has 0 saturated heterocycles. The van der Waals surface area contributed by atoms with Gasteiger partial charge in [0.1, 0.15) is 0 Å². The van der Waals surface area contributed by atoms with Crippen molar-refractivity contribution >= 4 is 17.7 Å². The molecule has 29 heavy (non-hydrogen) atoms. The molecule has 0 amide bonds. The summed E-state index contributed by atoms with van der Waals surface area (Å²) in [7, 11) is 0. The molecular formula is C24H28O5. The summed E-state index contributed by atoms with van der Waals surface area (Å²) in [6.07, 6.45) is 4.57. The monoisotopic (exact) mass is 396 g/mol. The van der Waals surface area contributed by atoms with Crippen LogP contribution in [0.15, 0.2) is 60.7 Å². The first-order valence-corrected chi connectivity index (χ1v) is 10.1. The number of benzene rings is 2. The zero-order valence-electron chi connectivity index (χ0n) is 16.8. The van der Waals surface area contributed by atoms with E-state index in [0.717, 1.165) is 32.1 Å². The Morgan fingerprint density at radius 1 is 0.759 bits per heavy atom. The Hall–Kier alpha value is -2.95. The van der Waals surface area contributed by atoms with Gasteiger partial charge in [0.05, 0.1) is 11.1 Å². The van der Waals surface area contributed by atoms with Crippen molar-refractivity contribution in [2.45, 2.75) is 51.6 Å². The summed E-state index contributed by atoms with van der Waals surface area (Å²) in [5, 5.41) is 0. The summed E-state index contributed by atoms with van der Waals surface area (Å²) in [6.45, 7) is 1.71. The van der Waals surface area contributed by atoms with Gasteiger partial charge in [-0.15, -0.1) is 0 Å². The van der Waals surface area contributed by atoms with Crippen LogP contribution in [-0.4, -0.2) is 30.4 Å². The molecule has 2 aromatic carbocycles. The van der Waals surface area contributed by atoms with E-state index in [0.29, 0.717) is 17.5 Å². The molecule has 2 aromatic rings. The molecule has 0 heterocycles. The molecule has 0 aliphatic carbocycles. The van der Waals surface area contributed by atoms with E-state index < -0.39 is 30.4 Å². The lowest BCUT2D eigenvalue weighted by Gasteiger charge is -2.17. The predicted molar refractivity (Wildman–Crippen MR) is 111 cm³/mol. The predicted octanol–water partition coefficient (Wildman–Crippen LogP) is 5.00. The van der Waals surface area contributed by atoms with Gasteiger partial charge in [0.2, 0.25) is 5.78 Å². The van der Waals surface area contributed by atoms with Gasteiger partial charge in [-0.2, -0.15) is 0 Å². The summed E-state index contributed by atoms with van der Waals surface area (Å²) in [6, 6.07) is 17.0. The van der Waals surface area contributed by atoms with E-state index in [2.05, 4.69) is 6.92 Å². The average Bonchev–Trinajstić information content (AvgIpc) is 2.77. The van der Waals surface area contributed by atoms with E-state index in [1.807, 2.05) is 0 Å². The van der Waals surface area contributed by atoms with Gasteiger partial charge in [0.15, 0.2) is 12.7 Å². The molecular weight excluding hydrogens is 368 g/mol. The Kier molecular flexibility index (Phi) is 9.63. The number of carbonyl (C=O) groups is 3. The number of esters is 2. The molecule has 154 valence electrons. The maximum atomic E-state index is 12.6. The highest BCUT2D eigenvalue weighted by molar-refractivity contribution is 5.95. The largest absolute Gasteiger partial charge is 0.454 e. The van der Waals surface area contributed by atoms with Crippen molar-refractivity contribution in [2.75, 3.05) is 6.61 Å². The summed E-state index contributed by atoms with van der Waals surface area (Å²) >= 11 is 0. The van der Waals surface area contributed by atoms with Crippen LogP contribution in [0.3, 0.4) is 0 Å². The fourth-order valence-electron chi connectivity index (χ4n) is 2.88. The standard InChI is InChI=1S/C24H28O5/c1-2-3-4-5-12-17-22(29-24(27)20-15-10-7-11-16-20)21(25)18-28-23(26)19-13-8-6-9-14-19/h6-11,13-16,22H,2-5,12,17-18H2,1H3/t22-/m0/s1. The van der Waals surface area contributed by atoms with Crippen molar-refractivity contribution in [3.8, 4) is 0 Å². The third-order valence-corrected chi connectivity index (χ3v) is 4.54. The highest BCUT2D eigenvalue weighted by Crippen LogP contribution is 2.14. The first-order chi connectivity index (χ1) is 14.1. The lowest BCUT2D eigenvalue weighted by Crippen LogP contribution is -2.31. The minimum atomic E-state index is -0.923. The minimum absolute atomic E-state index is 0.373. The average molecular weight is 396 g/mol. The Labute approximate surface area is 172 Å². The quantitative estimate of drug-likeness (QED) is 0.373. The van der Waals surface area contributed by atoms with E-state index in [-0.39, 0.29) is 0 Å². The van der Waals surface area contributed by atoms with Crippen LogP contribution in [0.5, 0.6) is 0 Å². The maximum absolute atomic E-state index is 12.6. The number of ether oxygens (including phenoxy) is 2. The van der Waals surface area contributed by atoms with Gasteiger partial charge < -0.3 is 9.47 Å². The van der Waals surface area contributed by atoms with Gasteiger partial charge in [-0.1, -0.05) is 69.0 Å². The van der Waals surface area contributed by atoms with Gasteiger partial charge >= 0.3 is 11.9 Å². The molecule has 0 N–H and O–H groups in total. The number of Topliss-reactive ketones (excluding diaryl/α,β-unsaturated/α-hetero) is 1. The molecule has 0 radical (unpaired) electrons. The van der Waals surface area contributed by atoms with Crippen LogP contribution in [0.1, 0.15) is 66.2 Å². The van der Waals surface area contributed by atoms with E-state index in [1.54, 1.807) is 60.7 Å². The second-order valence-electron chi connectivity index (χ2n) is 6.87. The Bertz CT molecular complexity index is 770. The van der Waals surface area contributed by atoms with Gasteiger partial charge in [0, 0.05) is 0 Å². The summed E-state index contributed by atoms with van der Waals surface area (Å²) in [5.41, 5.74) is 0.759. The summed E-state index contributed by atoms with van der Waals surface area (Å²) in [5.74, 6) is -1.53. The highest BCUT2D eigenvalue weighted by atomic mass is 16.6. The van der Waals surface area contributed by atoms with Crippen LogP contribution < -0.4 is 0 Å². The number of hydrogen-bond acceptors (Lipinski definition) is 5. The highest BCUT2D eigenvalue weighted by Gasteiger charge is 2.24. The van der Waals surface area contributed by atoms with Crippen molar-refractivity contribution in [3.63, 3.8) is 0 Å². The third kappa shape index (κ3) is 7.90. The number of ketones is 1. The normalized spacial score (nSPS) is 11.5. The first-order valence-electron chi connectivity index (χ1n) is 10.1. The number of unbranched alkanes of at least 4 members (excludes halogenated alkanes) is 4. The van der Waals surface area contributed by atoms with Crippen molar-refractivity contribution in [1.29, 1.82) is 0 Å². The van der Waals surface area contributed by atoms with Gasteiger partial charge in [0.25, 0.3) is 0 Å².